The molecule has 0 saturated carbocycles. The lowest BCUT2D eigenvalue weighted by Gasteiger charge is -2.38. The number of carbonyl (C=O) groups excluding carboxylic acids is 1. The molecule has 0 saturated heterocycles. The number of methoxy groups -OCH3 is 1. The van der Waals surface area contributed by atoms with Crippen molar-refractivity contribution in [2.45, 2.75) is 6.17 Å². The number of para-hydroxylation sites is 1. The van der Waals surface area contributed by atoms with Crippen molar-refractivity contribution in [3.05, 3.63) is 82.9 Å². The summed E-state index contributed by atoms with van der Waals surface area (Å²) in [7, 11) is 1.53. The highest BCUT2D eigenvalue weighted by atomic mass is 35.5. The van der Waals surface area contributed by atoms with Gasteiger partial charge in [-0.25, -0.2) is 0 Å². The summed E-state index contributed by atoms with van der Waals surface area (Å²) in [5, 5.41) is 13.8. The number of nitrogens with one attached hydrogen (secondary N) is 1. The second-order valence-corrected chi connectivity index (χ2v) is 6.61. The summed E-state index contributed by atoms with van der Waals surface area (Å²) >= 11 is 6.02. The van der Waals surface area contributed by atoms with Gasteiger partial charge in [0, 0.05) is 28.0 Å². The van der Waals surface area contributed by atoms with Gasteiger partial charge < -0.3 is 15.2 Å². The standard InChI is InChI=1S/C21H17ClN2O3/c1-27-19-12-15(25)10-11-17(19)20-23-18-5-3-2-4-16(18)21(26)24(20)14-8-6-13(22)7-9-14/h2-12,20,23,25H,1H3/t20-/m0/s1. The van der Waals surface area contributed by atoms with Gasteiger partial charge in [0.1, 0.15) is 17.7 Å². The fraction of sp³-hybridized carbons (Fsp3) is 0.0952. The van der Waals surface area contributed by atoms with E-state index in [-0.39, 0.29) is 11.7 Å². The number of ether oxygens (including phenoxy) is 1. The van der Waals surface area contributed by atoms with Crippen LogP contribution in [0.2, 0.25) is 5.02 Å². The Morgan fingerprint density at radius 1 is 1.07 bits per heavy atom. The number of phenols is 1. The molecule has 3 aromatic rings. The summed E-state index contributed by atoms with van der Waals surface area (Å²) < 4.78 is 5.45. The van der Waals surface area contributed by atoms with Crippen LogP contribution in [-0.4, -0.2) is 18.1 Å². The summed E-state index contributed by atoms with van der Waals surface area (Å²) in [6.45, 7) is 0. The summed E-state index contributed by atoms with van der Waals surface area (Å²) in [5.74, 6) is 0.446. The van der Waals surface area contributed by atoms with Gasteiger partial charge in [-0.1, -0.05) is 23.7 Å². The second-order valence-electron chi connectivity index (χ2n) is 6.17. The molecule has 1 atom stereocenters. The van der Waals surface area contributed by atoms with Gasteiger partial charge in [-0.2, -0.15) is 0 Å². The highest BCUT2D eigenvalue weighted by molar-refractivity contribution is 6.30. The van der Waals surface area contributed by atoms with Gasteiger partial charge in [0.2, 0.25) is 0 Å². The van der Waals surface area contributed by atoms with E-state index in [1.807, 2.05) is 18.2 Å². The van der Waals surface area contributed by atoms with Crippen molar-refractivity contribution in [3.63, 3.8) is 0 Å². The van der Waals surface area contributed by atoms with Crippen molar-refractivity contribution in [2.75, 3.05) is 17.3 Å². The van der Waals surface area contributed by atoms with Crippen molar-refractivity contribution >= 4 is 28.9 Å². The van der Waals surface area contributed by atoms with E-state index in [0.717, 1.165) is 11.3 Å². The zero-order valence-corrected chi connectivity index (χ0v) is 15.3. The highest BCUT2D eigenvalue weighted by Gasteiger charge is 2.35. The van der Waals surface area contributed by atoms with Crippen LogP contribution in [0.1, 0.15) is 22.1 Å². The molecule has 2 N–H and O–H groups in total. The normalized spacial score (nSPS) is 15.9. The summed E-state index contributed by atoms with van der Waals surface area (Å²) in [6.07, 6.45) is -0.510. The largest absolute Gasteiger partial charge is 0.508 e. The molecule has 6 heteroatoms. The van der Waals surface area contributed by atoms with Gasteiger partial charge >= 0.3 is 0 Å². The number of amides is 1. The minimum absolute atomic E-state index is 0.0937. The van der Waals surface area contributed by atoms with Crippen molar-refractivity contribution in [1.29, 1.82) is 0 Å². The Kier molecular flexibility index (Phi) is 4.38. The van der Waals surface area contributed by atoms with Gasteiger partial charge in [0.25, 0.3) is 5.91 Å². The predicted octanol–water partition coefficient (Wildman–Crippen LogP) is 4.83. The van der Waals surface area contributed by atoms with Crippen molar-refractivity contribution in [1.82, 2.24) is 0 Å². The van der Waals surface area contributed by atoms with Crippen LogP contribution >= 0.6 is 11.6 Å². The molecule has 3 aromatic carbocycles. The van der Waals surface area contributed by atoms with E-state index < -0.39 is 6.17 Å². The van der Waals surface area contributed by atoms with Crippen molar-refractivity contribution < 1.29 is 14.6 Å². The van der Waals surface area contributed by atoms with Crippen LogP contribution in [0, 0.1) is 0 Å². The third kappa shape index (κ3) is 3.06. The van der Waals surface area contributed by atoms with E-state index in [4.69, 9.17) is 16.3 Å². The first-order chi connectivity index (χ1) is 13.1. The minimum Gasteiger partial charge on any atom is -0.508 e. The number of fused-ring (bicyclic) bond motifs is 1. The maximum atomic E-state index is 13.3. The maximum absolute atomic E-state index is 13.3. The fourth-order valence-corrected chi connectivity index (χ4v) is 3.39. The molecule has 1 aliphatic heterocycles. The molecule has 1 aliphatic rings. The average molecular weight is 381 g/mol. The Balaban J connectivity index is 1.89. The lowest BCUT2D eigenvalue weighted by Crippen LogP contribution is -2.43. The van der Waals surface area contributed by atoms with Crippen LogP contribution in [0.4, 0.5) is 11.4 Å². The van der Waals surface area contributed by atoms with Crippen LogP contribution in [0.15, 0.2) is 66.7 Å². The van der Waals surface area contributed by atoms with E-state index in [1.54, 1.807) is 47.4 Å². The topological polar surface area (TPSA) is 61.8 Å². The molecule has 0 spiro atoms. The number of aromatic hydroxyl groups is 1. The zero-order valence-electron chi connectivity index (χ0n) is 14.5. The molecular weight excluding hydrogens is 364 g/mol. The quantitative estimate of drug-likeness (QED) is 0.683. The van der Waals surface area contributed by atoms with Gasteiger partial charge in [0.15, 0.2) is 0 Å². The van der Waals surface area contributed by atoms with Gasteiger partial charge in [-0.15, -0.1) is 0 Å². The molecule has 0 bridgehead atoms. The Labute approximate surface area is 161 Å². The molecule has 5 nitrogen and oxygen atoms in total. The first-order valence-electron chi connectivity index (χ1n) is 8.40. The molecule has 1 heterocycles. The lowest BCUT2D eigenvalue weighted by atomic mass is 10.0. The second kappa shape index (κ2) is 6.85. The number of nitrogens with zero attached hydrogens (tertiary/aromatic N) is 1. The summed E-state index contributed by atoms with van der Waals surface area (Å²) in [6, 6.07) is 19.3. The number of carbonyl (C=O) groups is 1. The predicted molar refractivity (Wildman–Crippen MR) is 106 cm³/mol. The number of hydrogen-bond donors (Lipinski definition) is 2. The number of phenolic OH excluding ortho intramolecular Hbond substituents is 1. The maximum Gasteiger partial charge on any atom is 0.262 e. The van der Waals surface area contributed by atoms with Crippen molar-refractivity contribution in [2.24, 2.45) is 0 Å². The monoisotopic (exact) mass is 380 g/mol. The number of anilines is 2. The van der Waals surface area contributed by atoms with Crippen LogP contribution < -0.4 is 15.0 Å². The lowest BCUT2D eigenvalue weighted by molar-refractivity contribution is 0.0974. The third-order valence-corrected chi connectivity index (χ3v) is 4.80. The first kappa shape index (κ1) is 17.2. The molecule has 4 rings (SSSR count). The molecule has 1 amide bonds. The van der Waals surface area contributed by atoms with Crippen LogP contribution in [-0.2, 0) is 0 Å². The van der Waals surface area contributed by atoms with Crippen LogP contribution in [0.3, 0.4) is 0 Å². The van der Waals surface area contributed by atoms with Crippen LogP contribution in [0.5, 0.6) is 11.5 Å². The molecule has 0 radical (unpaired) electrons. The first-order valence-corrected chi connectivity index (χ1v) is 8.78. The van der Waals surface area contributed by atoms with E-state index in [9.17, 15) is 9.90 Å². The third-order valence-electron chi connectivity index (χ3n) is 4.54. The number of halogens is 1. The van der Waals surface area contributed by atoms with Crippen molar-refractivity contribution in [3.8, 4) is 11.5 Å². The summed E-state index contributed by atoms with van der Waals surface area (Å²) in [4.78, 5) is 15.0. The fourth-order valence-electron chi connectivity index (χ4n) is 3.26. The molecular formula is C21H17ClN2O3. The molecule has 0 aromatic heterocycles. The van der Waals surface area contributed by atoms with E-state index in [2.05, 4.69) is 5.32 Å². The SMILES string of the molecule is COc1cc(O)ccc1[C@H]1Nc2ccccc2C(=O)N1c1ccc(Cl)cc1. The Bertz CT molecular complexity index is 1000. The minimum atomic E-state index is -0.510. The zero-order chi connectivity index (χ0) is 19.0. The number of rotatable bonds is 3. The molecule has 0 fully saturated rings. The van der Waals surface area contributed by atoms with E-state index in [0.29, 0.717) is 22.0 Å². The Hall–Kier alpha value is -3.18. The van der Waals surface area contributed by atoms with Crippen LogP contribution in [0.25, 0.3) is 0 Å². The number of benzene rings is 3. The van der Waals surface area contributed by atoms with Gasteiger partial charge in [-0.3, -0.25) is 9.69 Å². The molecule has 136 valence electrons. The average Bonchev–Trinajstić information content (AvgIpc) is 2.69. The molecule has 0 aliphatic carbocycles. The smallest absolute Gasteiger partial charge is 0.262 e. The van der Waals surface area contributed by atoms with Gasteiger partial charge in [-0.05, 0) is 48.5 Å². The highest BCUT2D eigenvalue weighted by Crippen LogP contribution is 2.40. The van der Waals surface area contributed by atoms with E-state index in [1.165, 1.54) is 13.2 Å². The molecule has 27 heavy (non-hydrogen) atoms. The Morgan fingerprint density at radius 2 is 1.81 bits per heavy atom. The Morgan fingerprint density at radius 3 is 2.56 bits per heavy atom. The summed E-state index contributed by atoms with van der Waals surface area (Å²) in [5.41, 5.74) is 2.76. The number of hydrogen-bond acceptors (Lipinski definition) is 4. The van der Waals surface area contributed by atoms with E-state index >= 15 is 0 Å². The van der Waals surface area contributed by atoms with Gasteiger partial charge in [0.05, 0.1) is 12.7 Å². The molecule has 0 unspecified atom stereocenters.